The molecule has 0 amide bonds. The number of aliphatic hydroxyl groups excluding tert-OH is 1. The summed E-state index contributed by atoms with van der Waals surface area (Å²) in [6.07, 6.45) is -6.94. The normalized spacial score (nSPS) is 14.3. The Kier molecular flexibility index (Phi) is 3.38. The molecule has 6 heteroatoms. The van der Waals surface area contributed by atoms with E-state index in [1.807, 2.05) is 0 Å². The average Bonchev–Trinajstić information content (AvgIpc) is 2.25. The molecule has 0 fully saturated rings. The molecule has 1 unspecified atom stereocenters. The van der Waals surface area contributed by atoms with Crippen molar-refractivity contribution in [1.82, 2.24) is 9.78 Å². The van der Waals surface area contributed by atoms with Gasteiger partial charge in [-0.2, -0.15) is 18.3 Å². The lowest BCUT2D eigenvalue weighted by Gasteiger charge is -2.12. The third-order valence-corrected chi connectivity index (χ3v) is 2.01. The van der Waals surface area contributed by atoms with Gasteiger partial charge in [0.25, 0.3) is 0 Å². The maximum atomic E-state index is 11.9. The maximum Gasteiger partial charge on any atom is 0.391 e. The van der Waals surface area contributed by atoms with E-state index in [1.54, 1.807) is 20.0 Å². The van der Waals surface area contributed by atoms with Crippen LogP contribution in [-0.2, 0) is 13.5 Å². The van der Waals surface area contributed by atoms with Gasteiger partial charge in [-0.25, -0.2) is 0 Å². The molecule has 0 spiro atoms. The van der Waals surface area contributed by atoms with E-state index in [9.17, 15) is 18.3 Å². The number of hydrogen-bond acceptors (Lipinski definition) is 2. The predicted molar refractivity (Wildman–Crippen MR) is 48.3 cm³/mol. The van der Waals surface area contributed by atoms with Crippen molar-refractivity contribution in [2.24, 2.45) is 7.05 Å². The number of aliphatic hydroxyl groups is 1. The Hall–Kier alpha value is -1.04. The molecule has 0 aliphatic heterocycles. The highest BCUT2D eigenvalue weighted by Crippen LogP contribution is 2.23. The van der Waals surface area contributed by atoms with Crippen LogP contribution in [0.4, 0.5) is 13.2 Å². The molecule has 0 bridgehead atoms. The number of rotatable bonds is 3. The highest BCUT2D eigenvalue weighted by molar-refractivity contribution is 5.09. The molecule has 1 rings (SSSR count). The molecule has 0 radical (unpaired) electrons. The van der Waals surface area contributed by atoms with E-state index in [1.165, 1.54) is 4.68 Å². The molecule has 3 nitrogen and oxygen atoms in total. The number of alkyl halides is 3. The zero-order valence-electron chi connectivity index (χ0n) is 8.54. The first-order valence-electron chi connectivity index (χ1n) is 4.52. The molecule has 0 aliphatic carbocycles. The van der Waals surface area contributed by atoms with Crippen LogP contribution in [0, 0.1) is 6.92 Å². The third kappa shape index (κ3) is 3.91. The monoisotopic (exact) mass is 222 g/mol. The van der Waals surface area contributed by atoms with Gasteiger partial charge in [0.05, 0.1) is 18.2 Å². The van der Waals surface area contributed by atoms with Crippen molar-refractivity contribution >= 4 is 0 Å². The minimum atomic E-state index is -4.33. The van der Waals surface area contributed by atoms with Crippen LogP contribution in [0.3, 0.4) is 0 Å². The van der Waals surface area contributed by atoms with E-state index < -0.39 is 18.7 Å². The topological polar surface area (TPSA) is 38.0 Å². The first-order valence-corrected chi connectivity index (χ1v) is 4.52. The van der Waals surface area contributed by atoms with Gasteiger partial charge in [-0.1, -0.05) is 0 Å². The number of hydrogen-bond donors (Lipinski definition) is 1. The highest BCUT2D eigenvalue weighted by Gasteiger charge is 2.31. The standard InChI is InChI=1S/C9H13F3N2O/c1-6-3-7(14(2)13-6)4-8(15)5-9(10,11)12/h3,8,15H,4-5H2,1-2H3. The van der Waals surface area contributed by atoms with Crippen molar-refractivity contribution in [2.45, 2.75) is 32.0 Å². The van der Waals surface area contributed by atoms with Crippen LogP contribution in [-0.4, -0.2) is 27.2 Å². The number of halogens is 3. The van der Waals surface area contributed by atoms with Crippen LogP contribution in [0.2, 0.25) is 0 Å². The van der Waals surface area contributed by atoms with Crippen molar-refractivity contribution < 1.29 is 18.3 Å². The lowest BCUT2D eigenvalue weighted by molar-refractivity contribution is -0.153. The minimum Gasteiger partial charge on any atom is -0.392 e. The van der Waals surface area contributed by atoms with Gasteiger partial charge in [-0.05, 0) is 13.0 Å². The van der Waals surface area contributed by atoms with E-state index in [-0.39, 0.29) is 6.42 Å². The Morgan fingerprint density at radius 3 is 2.53 bits per heavy atom. The van der Waals surface area contributed by atoms with Crippen LogP contribution in [0.15, 0.2) is 6.07 Å². The largest absolute Gasteiger partial charge is 0.392 e. The SMILES string of the molecule is Cc1cc(CC(O)CC(F)(F)F)n(C)n1. The lowest BCUT2D eigenvalue weighted by Crippen LogP contribution is -2.22. The summed E-state index contributed by atoms with van der Waals surface area (Å²) in [6, 6.07) is 1.67. The van der Waals surface area contributed by atoms with Crippen molar-refractivity contribution in [3.05, 3.63) is 17.5 Å². The van der Waals surface area contributed by atoms with Gasteiger partial charge in [0.2, 0.25) is 0 Å². The van der Waals surface area contributed by atoms with Crippen molar-refractivity contribution in [3.8, 4) is 0 Å². The molecule has 1 aromatic heterocycles. The molecule has 1 heterocycles. The van der Waals surface area contributed by atoms with Gasteiger partial charge in [0.15, 0.2) is 0 Å². The summed E-state index contributed by atoms with van der Waals surface area (Å²) in [6.45, 7) is 1.75. The van der Waals surface area contributed by atoms with E-state index in [0.29, 0.717) is 5.69 Å². The Morgan fingerprint density at radius 1 is 1.53 bits per heavy atom. The second-order valence-electron chi connectivity index (χ2n) is 3.58. The summed E-state index contributed by atoms with van der Waals surface area (Å²) >= 11 is 0. The zero-order valence-corrected chi connectivity index (χ0v) is 8.54. The number of aromatic nitrogens is 2. The molecule has 1 atom stereocenters. The smallest absolute Gasteiger partial charge is 0.391 e. The Balaban J connectivity index is 2.58. The molecule has 86 valence electrons. The van der Waals surface area contributed by atoms with Gasteiger partial charge in [-0.3, -0.25) is 4.68 Å². The van der Waals surface area contributed by atoms with Crippen molar-refractivity contribution in [3.63, 3.8) is 0 Å². The fraction of sp³-hybridized carbons (Fsp3) is 0.667. The first kappa shape index (κ1) is 12.0. The molecule has 15 heavy (non-hydrogen) atoms. The molecule has 0 aromatic carbocycles. The number of aryl methyl sites for hydroxylation is 2. The van der Waals surface area contributed by atoms with E-state index in [4.69, 9.17) is 0 Å². The number of nitrogens with zero attached hydrogens (tertiary/aromatic N) is 2. The molecular formula is C9H13F3N2O. The van der Waals surface area contributed by atoms with E-state index in [0.717, 1.165) is 5.69 Å². The highest BCUT2D eigenvalue weighted by atomic mass is 19.4. The van der Waals surface area contributed by atoms with Gasteiger partial charge in [-0.15, -0.1) is 0 Å². The molecule has 0 aliphatic rings. The molecule has 1 N–H and O–H groups in total. The zero-order chi connectivity index (χ0) is 11.6. The van der Waals surface area contributed by atoms with Gasteiger partial charge >= 0.3 is 6.18 Å². The molecule has 0 saturated carbocycles. The van der Waals surface area contributed by atoms with Crippen LogP contribution >= 0.6 is 0 Å². The molecule has 0 saturated heterocycles. The fourth-order valence-electron chi connectivity index (χ4n) is 1.44. The maximum absolute atomic E-state index is 11.9. The molecular weight excluding hydrogens is 209 g/mol. The fourth-order valence-corrected chi connectivity index (χ4v) is 1.44. The Labute approximate surface area is 85.5 Å². The van der Waals surface area contributed by atoms with Gasteiger partial charge in [0.1, 0.15) is 0 Å². The van der Waals surface area contributed by atoms with E-state index >= 15 is 0 Å². The third-order valence-electron chi connectivity index (χ3n) is 2.01. The van der Waals surface area contributed by atoms with Crippen LogP contribution in [0.1, 0.15) is 17.8 Å². The lowest BCUT2D eigenvalue weighted by atomic mass is 10.1. The summed E-state index contributed by atoms with van der Waals surface area (Å²) in [5.41, 5.74) is 1.33. The van der Waals surface area contributed by atoms with Crippen LogP contribution in [0.25, 0.3) is 0 Å². The van der Waals surface area contributed by atoms with Crippen LogP contribution < -0.4 is 0 Å². The van der Waals surface area contributed by atoms with E-state index in [2.05, 4.69) is 5.10 Å². The summed E-state index contributed by atoms with van der Waals surface area (Å²) in [7, 11) is 1.64. The second-order valence-corrected chi connectivity index (χ2v) is 3.58. The summed E-state index contributed by atoms with van der Waals surface area (Å²) in [4.78, 5) is 0. The summed E-state index contributed by atoms with van der Waals surface area (Å²) in [5.74, 6) is 0. The Morgan fingerprint density at radius 2 is 2.13 bits per heavy atom. The summed E-state index contributed by atoms with van der Waals surface area (Å²) in [5, 5.41) is 13.2. The van der Waals surface area contributed by atoms with Gasteiger partial charge < -0.3 is 5.11 Å². The Bertz CT molecular complexity index is 333. The predicted octanol–water partition coefficient (Wildman–Crippen LogP) is 1.58. The minimum absolute atomic E-state index is 0.0309. The van der Waals surface area contributed by atoms with Crippen LogP contribution in [0.5, 0.6) is 0 Å². The van der Waals surface area contributed by atoms with Crippen molar-refractivity contribution in [1.29, 1.82) is 0 Å². The molecule has 1 aromatic rings. The quantitative estimate of drug-likeness (QED) is 0.843. The second kappa shape index (κ2) is 4.22. The van der Waals surface area contributed by atoms with Gasteiger partial charge in [0, 0.05) is 19.2 Å². The first-order chi connectivity index (χ1) is 6.78. The van der Waals surface area contributed by atoms with Crippen molar-refractivity contribution in [2.75, 3.05) is 0 Å². The summed E-state index contributed by atoms with van der Waals surface area (Å²) < 4.78 is 37.3. The average molecular weight is 222 g/mol.